The van der Waals surface area contributed by atoms with Crippen molar-refractivity contribution in [3.63, 3.8) is 0 Å². The van der Waals surface area contributed by atoms with Crippen LogP contribution in [0.1, 0.15) is 36.5 Å². The number of amides is 1. The van der Waals surface area contributed by atoms with E-state index in [0.717, 1.165) is 35.8 Å². The van der Waals surface area contributed by atoms with Crippen molar-refractivity contribution in [2.24, 2.45) is 5.92 Å². The average molecular weight is 383 g/mol. The molecular formula is C21H26N4OS. The Labute approximate surface area is 164 Å². The molecule has 0 spiro atoms. The number of rotatable bonds is 3. The van der Waals surface area contributed by atoms with Gasteiger partial charge in [-0.25, -0.2) is 0 Å². The van der Waals surface area contributed by atoms with Crippen LogP contribution in [0.2, 0.25) is 0 Å². The van der Waals surface area contributed by atoms with Crippen molar-refractivity contribution in [3.8, 4) is 0 Å². The van der Waals surface area contributed by atoms with Crippen LogP contribution in [0.3, 0.4) is 0 Å². The largest absolute Gasteiger partial charge is 0.342 e. The molecule has 5 nitrogen and oxygen atoms in total. The van der Waals surface area contributed by atoms with E-state index in [1.165, 1.54) is 40.3 Å². The van der Waals surface area contributed by atoms with Gasteiger partial charge in [0.15, 0.2) is 10.8 Å². The Morgan fingerprint density at radius 1 is 1.19 bits per heavy atom. The molecule has 4 rings (SSSR count). The molecule has 2 aromatic heterocycles. The molecule has 0 radical (unpaired) electrons. The third kappa shape index (κ3) is 3.43. The lowest BCUT2D eigenvalue weighted by Crippen LogP contribution is -2.40. The van der Waals surface area contributed by atoms with E-state index in [0.29, 0.717) is 11.7 Å². The van der Waals surface area contributed by atoms with Crippen LogP contribution in [-0.4, -0.2) is 44.2 Å². The lowest BCUT2D eigenvalue weighted by Gasteiger charge is -2.30. The number of pyridine rings is 1. The summed E-state index contributed by atoms with van der Waals surface area (Å²) in [7, 11) is 0. The maximum Gasteiger partial charge on any atom is 0.233 e. The van der Waals surface area contributed by atoms with Crippen LogP contribution in [0, 0.1) is 26.7 Å². The zero-order valence-electron chi connectivity index (χ0n) is 16.5. The summed E-state index contributed by atoms with van der Waals surface area (Å²) in [5.41, 5.74) is 5.64. The second kappa shape index (κ2) is 7.15. The first kappa shape index (κ1) is 18.3. The number of likely N-dealkylation sites (tertiary alicyclic amines) is 1. The number of hydrogen-bond donors (Lipinski definition) is 0. The van der Waals surface area contributed by atoms with Gasteiger partial charge in [-0.1, -0.05) is 30.3 Å². The molecule has 0 bridgehead atoms. The van der Waals surface area contributed by atoms with Crippen LogP contribution in [0.5, 0.6) is 0 Å². The van der Waals surface area contributed by atoms with Gasteiger partial charge in [-0.05, 0) is 62.8 Å². The topological polar surface area (TPSA) is 50.5 Å². The first-order valence-electron chi connectivity index (χ1n) is 9.60. The zero-order valence-corrected chi connectivity index (χ0v) is 17.3. The van der Waals surface area contributed by atoms with Gasteiger partial charge in [0.1, 0.15) is 0 Å². The van der Waals surface area contributed by atoms with E-state index in [9.17, 15) is 4.79 Å². The Morgan fingerprint density at radius 3 is 2.78 bits per heavy atom. The number of aromatic nitrogens is 3. The standard InChI is InChI=1S/C21H26N4OS/c1-13-6-5-7-24(11-13)19(26)12-27-21-23-22-18-10-15(3)17-9-14(2)8-16(4)20(17)25(18)21/h8-10,13H,5-7,11-12H2,1-4H3/t13-/m0/s1. The molecule has 0 unspecified atom stereocenters. The van der Waals surface area contributed by atoms with Crippen molar-refractivity contribution in [2.45, 2.75) is 45.7 Å². The van der Waals surface area contributed by atoms with Gasteiger partial charge in [-0.15, -0.1) is 10.2 Å². The van der Waals surface area contributed by atoms with Gasteiger partial charge in [0, 0.05) is 18.5 Å². The zero-order chi connectivity index (χ0) is 19.1. The maximum atomic E-state index is 12.7. The highest BCUT2D eigenvalue weighted by Gasteiger charge is 2.22. The highest BCUT2D eigenvalue weighted by Crippen LogP contribution is 2.29. The van der Waals surface area contributed by atoms with E-state index in [2.05, 4.69) is 60.5 Å². The van der Waals surface area contributed by atoms with Gasteiger partial charge in [-0.3, -0.25) is 9.20 Å². The van der Waals surface area contributed by atoms with Crippen LogP contribution < -0.4 is 0 Å². The van der Waals surface area contributed by atoms with Crippen molar-refractivity contribution in [1.29, 1.82) is 0 Å². The molecule has 0 aliphatic carbocycles. The number of piperidine rings is 1. The fourth-order valence-corrected chi connectivity index (χ4v) is 4.99. The lowest BCUT2D eigenvalue weighted by atomic mass is 10.0. The average Bonchev–Trinajstić information content (AvgIpc) is 3.02. The Kier molecular flexibility index (Phi) is 4.84. The number of aryl methyl sites for hydroxylation is 3. The van der Waals surface area contributed by atoms with Gasteiger partial charge in [0.25, 0.3) is 0 Å². The van der Waals surface area contributed by atoms with Gasteiger partial charge in [0.05, 0.1) is 11.3 Å². The molecule has 0 saturated carbocycles. The molecule has 1 aliphatic heterocycles. The predicted molar refractivity (Wildman–Crippen MR) is 110 cm³/mol. The highest BCUT2D eigenvalue weighted by molar-refractivity contribution is 7.99. The second-order valence-corrected chi connectivity index (χ2v) is 8.80. The molecule has 27 heavy (non-hydrogen) atoms. The van der Waals surface area contributed by atoms with Crippen LogP contribution in [0.15, 0.2) is 23.4 Å². The fourth-order valence-electron chi connectivity index (χ4n) is 4.14. The molecule has 1 atom stereocenters. The molecule has 1 amide bonds. The molecular weight excluding hydrogens is 356 g/mol. The van der Waals surface area contributed by atoms with E-state index < -0.39 is 0 Å². The number of carbonyl (C=O) groups excluding carboxylic acids is 1. The third-order valence-electron chi connectivity index (χ3n) is 5.43. The summed E-state index contributed by atoms with van der Waals surface area (Å²) in [4.78, 5) is 14.7. The SMILES string of the molecule is Cc1cc(C)c2c(c1)c(C)cc1nnc(SCC(=O)N3CCC[C@H](C)C3)n12. The van der Waals surface area contributed by atoms with E-state index >= 15 is 0 Å². The summed E-state index contributed by atoms with van der Waals surface area (Å²) in [5, 5.41) is 10.8. The molecule has 142 valence electrons. The summed E-state index contributed by atoms with van der Waals surface area (Å²) in [6.45, 7) is 10.3. The summed E-state index contributed by atoms with van der Waals surface area (Å²) >= 11 is 1.49. The summed E-state index contributed by atoms with van der Waals surface area (Å²) < 4.78 is 2.11. The van der Waals surface area contributed by atoms with E-state index in [-0.39, 0.29) is 5.91 Å². The van der Waals surface area contributed by atoms with E-state index in [1.54, 1.807) is 0 Å². The first-order chi connectivity index (χ1) is 12.9. The van der Waals surface area contributed by atoms with Crippen molar-refractivity contribution >= 4 is 34.2 Å². The Hall–Kier alpha value is -2.08. The monoisotopic (exact) mass is 382 g/mol. The second-order valence-electron chi connectivity index (χ2n) is 7.86. The van der Waals surface area contributed by atoms with Crippen molar-refractivity contribution in [3.05, 3.63) is 34.9 Å². The maximum absolute atomic E-state index is 12.7. The lowest BCUT2D eigenvalue weighted by molar-refractivity contribution is -0.130. The minimum atomic E-state index is 0.201. The molecule has 3 heterocycles. The van der Waals surface area contributed by atoms with Gasteiger partial charge < -0.3 is 4.90 Å². The number of thioether (sulfide) groups is 1. The summed E-state index contributed by atoms with van der Waals surface area (Å²) in [6.07, 6.45) is 2.32. The quantitative estimate of drug-likeness (QED) is 0.638. The molecule has 3 aromatic rings. The Morgan fingerprint density at radius 2 is 2.00 bits per heavy atom. The Balaban J connectivity index is 1.67. The van der Waals surface area contributed by atoms with Gasteiger partial charge in [-0.2, -0.15) is 0 Å². The third-order valence-corrected chi connectivity index (χ3v) is 6.35. The molecule has 6 heteroatoms. The number of nitrogens with zero attached hydrogens (tertiary/aromatic N) is 4. The fraction of sp³-hybridized carbons (Fsp3) is 0.476. The summed E-state index contributed by atoms with van der Waals surface area (Å²) in [5.74, 6) is 1.21. The van der Waals surface area contributed by atoms with E-state index in [4.69, 9.17) is 0 Å². The van der Waals surface area contributed by atoms with Crippen LogP contribution in [-0.2, 0) is 4.79 Å². The molecule has 1 fully saturated rings. The van der Waals surface area contributed by atoms with Crippen LogP contribution in [0.4, 0.5) is 0 Å². The minimum absolute atomic E-state index is 0.201. The number of hydrogen-bond acceptors (Lipinski definition) is 4. The highest BCUT2D eigenvalue weighted by atomic mass is 32.2. The number of carbonyl (C=O) groups is 1. The molecule has 0 N–H and O–H groups in total. The van der Waals surface area contributed by atoms with E-state index in [1.807, 2.05) is 4.90 Å². The normalized spacial score (nSPS) is 17.8. The number of benzene rings is 1. The minimum Gasteiger partial charge on any atom is -0.342 e. The number of fused-ring (bicyclic) bond motifs is 3. The predicted octanol–water partition coefficient (Wildman–Crippen LogP) is 4.16. The van der Waals surface area contributed by atoms with Crippen LogP contribution in [0.25, 0.3) is 16.6 Å². The van der Waals surface area contributed by atoms with Gasteiger partial charge in [0.2, 0.25) is 5.91 Å². The van der Waals surface area contributed by atoms with Crippen LogP contribution >= 0.6 is 11.8 Å². The van der Waals surface area contributed by atoms with Crippen molar-refractivity contribution in [2.75, 3.05) is 18.8 Å². The smallest absolute Gasteiger partial charge is 0.233 e. The van der Waals surface area contributed by atoms with Gasteiger partial charge >= 0.3 is 0 Å². The first-order valence-corrected chi connectivity index (χ1v) is 10.6. The summed E-state index contributed by atoms with van der Waals surface area (Å²) in [6, 6.07) is 6.48. The Bertz CT molecular complexity index is 1030. The molecule has 1 saturated heterocycles. The molecule has 1 aliphatic rings. The van der Waals surface area contributed by atoms with Crippen molar-refractivity contribution < 1.29 is 4.79 Å². The van der Waals surface area contributed by atoms with Crippen molar-refractivity contribution in [1.82, 2.24) is 19.5 Å². The molecule has 1 aromatic carbocycles.